The van der Waals surface area contributed by atoms with Crippen molar-refractivity contribution in [2.45, 2.75) is 0 Å². The van der Waals surface area contributed by atoms with Crippen LogP contribution in [-0.2, 0) is 10.1 Å². The van der Waals surface area contributed by atoms with Gasteiger partial charge in [-0.3, -0.25) is 4.55 Å². The Labute approximate surface area is 75.1 Å². The molecule has 1 heterocycles. The molecule has 0 fully saturated rings. The second kappa shape index (κ2) is 4.91. The molecule has 0 aliphatic heterocycles. The van der Waals surface area contributed by atoms with Gasteiger partial charge in [0.05, 0.1) is 10.4 Å². The number of thiophene rings is 1. The fourth-order valence-corrected chi connectivity index (χ4v) is 0.763. The van der Waals surface area contributed by atoms with Gasteiger partial charge in [-0.2, -0.15) is 8.42 Å². The second-order valence-corrected chi connectivity index (χ2v) is 4.04. The summed E-state index contributed by atoms with van der Waals surface area (Å²) in [5.41, 5.74) is 5.30. The minimum Gasteiger partial charge on any atom is -0.391 e. The van der Waals surface area contributed by atoms with Crippen molar-refractivity contribution in [1.82, 2.24) is 0 Å². The quantitative estimate of drug-likeness (QED) is 0.681. The Balaban J connectivity index is 0.000000202. The fourth-order valence-electron chi connectivity index (χ4n) is 0.291. The van der Waals surface area contributed by atoms with Gasteiger partial charge in [-0.15, -0.1) is 11.3 Å². The summed E-state index contributed by atoms with van der Waals surface area (Å²) in [6.45, 7) is 2.79. The Hall–Kier alpha value is -0.850. The van der Waals surface area contributed by atoms with E-state index in [-0.39, 0.29) is 0 Å². The standard InChI is InChI=1S/C4H5NS.C2H4O3S/c5-4-2-1-3-6-4;1-2-6(3,4)5/h1-3H,5H2;2H,1H2,(H,3,4,5). The van der Waals surface area contributed by atoms with Gasteiger partial charge in [0.25, 0.3) is 10.1 Å². The molecule has 0 saturated carbocycles. The summed E-state index contributed by atoms with van der Waals surface area (Å²) in [7, 11) is -3.90. The molecule has 68 valence electrons. The molecule has 3 N–H and O–H groups in total. The average Bonchev–Trinajstić information content (AvgIpc) is 2.39. The molecule has 0 aliphatic rings. The van der Waals surface area contributed by atoms with Gasteiger partial charge in [0.2, 0.25) is 0 Å². The first-order valence-electron chi connectivity index (χ1n) is 2.84. The molecule has 0 atom stereocenters. The Morgan fingerprint density at radius 3 is 2.25 bits per heavy atom. The number of hydrogen-bond acceptors (Lipinski definition) is 4. The molecule has 0 radical (unpaired) electrons. The molecule has 6 heteroatoms. The van der Waals surface area contributed by atoms with Crippen molar-refractivity contribution < 1.29 is 13.0 Å². The van der Waals surface area contributed by atoms with Gasteiger partial charge in [0.15, 0.2) is 0 Å². The largest absolute Gasteiger partial charge is 0.391 e. The van der Waals surface area contributed by atoms with Crippen LogP contribution in [0.1, 0.15) is 0 Å². The SMILES string of the molecule is C=CS(=O)(=O)O.Nc1cccs1. The first-order valence-corrected chi connectivity index (χ1v) is 5.23. The van der Waals surface area contributed by atoms with E-state index in [9.17, 15) is 8.42 Å². The molecule has 1 aromatic heterocycles. The van der Waals surface area contributed by atoms with E-state index in [4.69, 9.17) is 10.3 Å². The van der Waals surface area contributed by atoms with E-state index < -0.39 is 10.1 Å². The summed E-state index contributed by atoms with van der Waals surface area (Å²) in [5, 5.41) is 3.30. The Morgan fingerprint density at radius 2 is 2.17 bits per heavy atom. The normalized spacial score (nSPS) is 9.75. The second-order valence-electron chi connectivity index (χ2n) is 1.70. The van der Waals surface area contributed by atoms with Crippen molar-refractivity contribution in [2.24, 2.45) is 0 Å². The lowest BCUT2D eigenvalue weighted by atomic mass is 10.6. The van der Waals surface area contributed by atoms with Gasteiger partial charge >= 0.3 is 0 Å². The monoisotopic (exact) mass is 207 g/mol. The Morgan fingerprint density at radius 1 is 1.67 bits per heavy atom. The minimum atomic E-state index is -3.90. The number of nitrogens with two attached hydrogens (primary N) is 1. The van der Waals surface area contributed by atoms with Crippen LogP contribution in [0, 0.1) is 0 Å². The highest BCUT2D eigenvalue weighted by molar-refractivity contribution is 7.88. The molecule has 0 unspecified atom stereocenters. The van der Waals surface area contributed by atoms with Gasteiger partial charge in [-0.25, -0.2) is 0 Å². The van der Waals surface area contributed by atoms with Crippen molar-refractivity contribution in [1.29, 1.82) is 0 Å². The van der Waals surface area contributed by atoms with Crippen molar-refractivity contribution in [3.05, 3.63) is 29.5 Å². The molecule has 0 aromatic carbocycles. The molecular formula is C6H9NO3S2. The third kappa shape index (κ3) is 7.26. The first-order chi connectivity index (χ1) is 5.45. The van der Waals surface area contributed by atoms with E-state index in [2.05, 4.69) is 6.58 Å². The molecule has 0 bridgehead atoms. The van der Waals surface area contributed by atoms with Crippen LogP contribution in [0.25, 0.3) is 0 Å². The molecule has 0 spiro atoms. The molecule has 0 amide bonds. The maximum atomic E-state index is 9.44. The molecular weight excluding hydrogens is 198 g/mol. The number of nitrogen functional groups attached to an aromatic ring is 1. The number of rotatable bonds is 1. The topological polar surface area (TPSA) is 80.4 Å². The van der Waals surface area contributed by atoms with Crippen molar-refractivity contribution >= 4 is 26.5 Å². The fraction of sp³-hybridized carbons (Fsp3) is 0. The number of anilines is 1. The van der Waals surface area contributed by atoms with Crippen LogP contribution in [0.5, 0.6) is 0 Å². The lowest BCUT2D eigenvalue weighted by Crippen LogP contribution is -1.86. The van der Waals surface area contributed by atoms with Crippen LogP contribution < -0.4 is 5.73 Å². The predicted octanol–water partition coefficient (Wildman–Crippen LogP) is 1.35. The molecule has 1 rings (SSSR count). The van der Waals surface area contributed by atoms with Gasteiger partial charge in [0, 0.05) is 0 Å². The summed E-state index contributed by atoms with van der Waals surface area (Å²) in [5.74, 6) is 0. The smallest absolute Gasteiger partial charge is 0.287 e. The van der Waals surface area contributed by atoms with E-state index in [1.807, 2.05) is 17.5 Å². The van der Waals surface area contributed by atoms with Crippen LogP contribution in [-0.4, -0.2) is 13.0 Å². The Kier molecular flexibility index (Phi) is 4.57. The zero-order valence-electron chi connectivity index (χ0n) is 6.17. The lowest BCUT2D eigenvalue weighted by molar-refractivity contribution is 0.494. The van der Waals surface area contributed by atoms with E-state index in [0.29, 0.717) is 5.41 Å². The van der Waals surface area contributed by atoms with Crippen LogP contribution >= 0.6 is 11.3 Å². The summed E-state index contributed by atoms with van der Waals surface area (Å²) in [6.07, 6.45) is 0. The van der Waals surface area contributed by atoms with Gasteiger partial charge in [-0.05, 0) is 17.5 Å². The molecule has 0 saturated heterocycles. The molecule has 4 nitrogen and oxygen atoms in total. The zero-order chi connectivity index (χ0) is 9.61. The van der Waals surface area contributed by atoms with Gasteiger partial charge in [-0.1, -0.05) is 6.58 Å². The van der Waals surface area contributed by atoms with E-state index in [1.54, 1.807) is 11.3 Å². The van der Waals surface area contributed by atoms with Gasteiger partial charge < -0.3 is 5.73 Å². The average molecular weight is 207 g/mol. The minimum absolute atomic E-state index is 0.465. The van der Waals surface area contributed by atoms with Crippen molar-refractivity contribution in [2.75, 3.05) is 5.73 Å². The lowest BCUT2D eigenvalue weighted by Gasteiger charge is -1.73. The highest BCUT2D eigenvalue weighted by Crippen LogP contribution is 2.07. The maximum Gasteiger partial charge on any atom is 0.287 e. The van der Waals surface area contributed by atoms with Crippen LogP contribution in [0.15, 0.2) is 29.5 Å². The van der Waals surface area contributed by atoms with Crippen LogP contribution in [0.2, 0.25) is 0 Å². The third-order valence-corrected chi connectivity index (χ3v) is 1.88. The molecule has 1 aromatic rings. The van der Waals surface area contributed by atoms with Crippen molar-refractivity contribution in [3.8, 4) is 0 Å². The zero-order valence-corrected chi connectivity index (χ0v) is 7.81. The van der Waals surface area contributed by atoms with E-state index >= 15 is 0 Å². The van der Waals surface area contributed by atoms with Crippen LogP contribution in [0.3, 0.4) is 0 Å². The predicted molar refractivity (Wildman–Crippen MR) is 50.5 cm³/mol. The maximum absolute atomic E-state index is 9.44. The van der Waals surface area contributed by atoms with Crippen LogP contribution in [0.4, 0.5) is 5.00 Å². The summed E-state index contributed by atoms with van der Waals surface area (Å²) < 4.78 is 26.6. The first kappa shape index (κ1) is 11.2. The van der Waals surface area contributed by atoms with Crippen molar-refractivity contribution in [3.63, 3.8) is 0 Å². The highest BCUT2D eigenvalue weighted by Gasteiger charge is 1.87. The molecule has 12 heavy (non-hydrogen) atoms. The summed E-state index contributed by atoms with van der Waals surface area (Å²) >= 11 is 1.56. The summed E-state index contributed by atoms with van der Waals surface area (Å²) in [6, 6.07) is 3.81. The van der Waals surface area contributed by atoms with E-state index in [1.165, 1.54) is 0 Å². The third-order valence-electron chi connectivity index (χ3n) is 0.754. The highest BCUT2D eigenvalue weighted by atomic mass is 32.2. The van der Waals surface area contributed by atoms with Gasteiger partial charge in [0.1, 0.15) is 0 Å². The summed E-state index contributed by atoms with van der Waals surface area (Å²) in [4.78, 5) is 0. The molecule has 0 aliphatic carbocycles. The number of hydrogen-bond donors (Lipinski definition) is 2. The Bertz CT molecular complexity index is 303. The van der Waals surface area contributed by atoms with E-state index in [0.717, 1.165) is 5.00 Å².